The van der Waals surface area contributed by atoms with Gasteiger partial charge < -0.3 is 10.2 Å². The van der Waals surface area contributed by atoms with Gasteiger partial charge in [-0.3, -0.25) is 4.79 Å². The predicted octanol–water partition coefficient (Wildman–Crippen LogP) is 4.34. The van der Waals surface area contributed by atoms with Gasteiger partial charge in [0.15, 0.2) is 5.78 Å². The van der Waals surface area contributed by atoms with Crippen molar-refractivity contribution < 1.29 is 15.0 Å². The van der Waals surface area contributed by atoms with E-state index >= 15 is 0 Å². The van der Waals surface area contributed by atoms with Gasteiger partial charge in [-0.15, -0.1) is 0 Å². The van der Waals surface area contributed by atoms with E-state index in [0.717, 1.165) is 36.7 Å². The zero-order valence-corrected chi connectivity index (χ0v) is 13.4. The molecule has 3 aliphatic carbocycles. The molecular formula is C20H22O3. The Balaban J connectivity index is 1.79. The van der Waals surface area contributed by atoms with Crippen molar-refractivity contribution in [3.8, 4) is 5.75 Å². The van der Waals surface area contributed by atoms with E-state index in [-0.39, 0.29) is 22.9 Å². The number of benzene rings is 1. The highest BCUT2D eigenvalue weighted by Gasteiger charge is 2.56. The van der Waals surface area contributed by atoms with Gasteiger partial charge in [0.2, 0.25) is 0 Å². The SMILES string of the molecule is C=C1CC2C(CC[C@]3(C)C(=O)/C(=C\O)CC23)c2ccc(O)cc21. The smallest absolute Gasteiger partial charge is 0.168 e. The fraction of sp³-hybridized carbons (Fsp3) is 0.450. The van der Waals surface area contributed by atoms with Crippen LogP contribution in [0.4, 0.5) is 0 Å². The number of carbonyl (C=O) groups is 1. The quantitative estimate of drug-likeness (QED) is 0.553. The van der Waals surface area contributed by atoms with E-state index in [1.54, 1.807) is 6.07 Å². The van der Waals surface area contributed by atoms with Crippen LogP contribution in [-0.2, 0) is 4.79 Å². The maximum absolute atomic E-state index is 12.7. The lowest BCUT2D eigenvalue weighted by molar-refractivity contribution is -0.126. The molecule has 3 heteroatoms. The minimum atomic E-state index is -0.343. The Morgan fingerprint density at radius 1 is 1.35 bits per heavy atom. The number of fused-ring (bicyclic) bond motifs is 5. The highest BCUT2D eigenvalue weighted by molar-refractivity contribution is 6.02. The second-order valence-corrected chi connectivity index (χ2v) is 7.60. The van der Waals surface area contributed by atoms with Crippen LogP contribution in [-0.4, -0.2) is 16.0 Å². The van der Waals surface area contributed by atoms with E-state index in [1.807, 2.05) is 12.1 Å². The lowest BCUT2D eigenvalue weighted by Gasteiger charge is -2.48. The highest BCUT2D eigenvalue weighted by Crippen LogP contribution is 2.61. The molecule has 0 aromatic heterocycles. The Hall–Kier alpha value is -2.03. The number of aliphatic hydroxyl groups excluding tert-OH is 1. The molecule has 2 N–H and O–H groups in total. The molecule has 3 unspecified atom stereocenters. The Bertz CT molecular complexity index is 745. The van der Waals surface area contributed by atoms with E-state index in [2.05, 4.69) is 13.5 Å². The minimum absolute atomic E-state index is 0.130. The van der Waals surface area contributed by atoms with Crippen molar-refractivity contribution in [1.29, 1.82) is 0 Å². The number of ketones is 1. The lowest BCUT2D eigenvalue weighted by atomic mass is 9.55. The zero-order chi connectivity index (χ0) is 16.4. The molecule has 0 saturated heterocycles. The topological polar surface area (TPSA) is 57.5 Å². The summed E-state index contributed by atoms with van der Waals surface area (Å²) in [4.78, 5) is 12.7. The third-order valence-corrected chi connectivity index (χ3v) is 6.53. The zero-order valence-electron chi connectivity index (χ0n) is 13.4. The molecule has 3 nitrogen and oxygen atoms in total. The third kappa shape index (κ3) is 1.85. The second-order valence-electron chi connectivity index (χ2n) is 7.60. The van der Waals surface area contributed by atoms with Crippen molar-refractivity contribution in [2.75, 3.05) is 0 Å². The number of aromatic hydroxyl groups is 1. The Morgan fingerprint density at radius 2 is 2.13 bits per heavy atom. The Morgan fingerprint density at radius 3 is 2.87 bits per heavy atom. The molecule has 0 radical (unpaired) electrons. The molecule has 4 atom stereocenters. The molecule has 0 spiro atoms. The molecule has 0 heterocycles. The van der Waals surface area contributed by atoms with Crippen molar-refractivity contribution in [2.24, 2.45) is 17.3 Å². The van der Waals surface area contributed by atoms with Gasteiger partial charge in [0.1, 0.15) is 5.75 Å². The summed E-state index contributed by atoms with van der Waals surface area (Å²) in [6.07, 6.45) is 4.40. The molecule has 2 saturated carbocycles. The number of hydrogen-bond donors (Lipinski definition) is 2. The number of phenolic OH excluding ortho intramolecular Hbond substituents is 1. The Kier molecular flexibility index (Phi) is 2.99. The molecule has 120 valence electrons. The first-order valence-corrected chi connectivity index (χ1v) is 8.35. The van der Waals surface area contributed by atoms with Gasteiger partial charge in [-0.2, -0.15) is 0 Å². The number of carbonyl (C=O) groups excluding carboxylic acids is 1. The number of aliphatic hydroxyl groups is 1. The van der Waals surface area contributed by atoms with E-state index in [1.165, 1.54) is 5.56 Å². The number of allylic oxidation sites excluding steroid dienone is 2. The lowest BCUT2D eigenvalue weighted by Crippen LogP contribution is -2.42. The molecule has 0 bridgehead atoms. The van der Waals surface area contributed by atoms with Gasteiger partial charge in [0.05, 0.1) is 6.26 Å². The number of rotatable bonds is 0. The first-order chi connectivity index (χ1) is 11.0. The molecule has 4 rings (SSSR count). The number of phenols is 1. The summed E-state index contributed by atoms with van der Waals surface area (Å²) in [5.74, 6) is 1.49. The minimum Gasteiger partial charge on any atom is -0.515 e. The maximum Gasteiger partial charge on any atom is 0.168 e. The van der Waals surface area contributed by atoms with Crippen LogP contribution in [0.3, 0.4) is 0 Å². The van der Waals surface area contributed by atoms with E-state index in [0.29, 0.717) is 23.8 Å². The van der Waals surface area contributed by atoms with Crippen molar-refractivity contribution in [3.05, 3.63) is 47.7 Å². The maximum atomic E-state index is 12.7. The first kappa shape index (κ1) is 14.6. The van der Waals surface area contributed by atoms with Crippen LogP contribution in [0.25, 0.3) is 5.57 Å². The summed E-state index contributed by atoms with van der Waals surface area (Å²) in [5.41, 5.74) is 3.64. The average Bonchev–Trinajstić information content (AvgIpc) is 2.80. The molecule has 2 fully saturated rings. The largest absolute Gasteiger partial charge is 0.515 e. The van der Waals surface area contributed by atoms with Gasteiger partial charge in [-0.1, -0.05) is 19.6 Å². The van der Waals surface area contributed by atoms with Crippen molar-refractivity contribution in [3.63, 3.8) is 0 Å². The normalized spacial score (nSPS) is 37.4. The van der Waals surface area contributed by atoms with Crippen LogP contribution >= 0.6 is 0 Å². The highest BCUT2D eigenvalue weighted by atomic mass is 16.3. The van der Waals surface area contributed by atoms with Gasteiger partial charge in [0.25, 0.3) is 0 Å². The summed E-state index contributed by atoms with van der Waals surface area (Å²) in [6.45, 7) is 6.29. The summed E-state index contributed by atoms with van der Waals surface area (Å²) in [6, 6.07) is 5.59. The molecule has 0 aliphatic heterocycles. The number of hydrogen-bond acceptors (Lipinski definition) is 3. The standard InChI is InChI=1S/C20H22O3/c1-11-7-17-15(14-4-3-13(22)9-16(11)14)5-6-20(2)18(17)8-12(10-21)19(20)23/h3-4,9-10,15,17-18,21-22H,1,5-8H2,2H3/b12-10-/t15?,17?,18?,20-/m0/s1. The van der Waals surface area contributed by atoms with E-state index in [4.69, 9.17) is 0 Å². The molecular weight excluding hydrogens is 288 g/mol. The molecule has 3 aliphatic rings. The average molecular weight is 310 g/mol. The van der Waals surface area contributed by atoms with Gasteiger partial charge in [0, 0.05) is 11.0 Å². The Labute approximate surface area is 136 Å². The van der Waals surface area contributed by atoms with Crippen LogP contribution in [0, 0.1) is 17.3 Å². The van der Waals surface area contributed by atoms with Gasteiger partial charge in [-0.25, -0.2) is 0 Å². The van der Waals surface area contributed by atoms with Crippen LogP contribution in [0.2, 0.25) is 0 Å². The van der Waals surface area contributed by atoms with E-state index < -0.39 is 0 Å². The fourth-order valence-corrected chi connectivity index (χ4v) is 5.31. The molecule has 23 heavy (non-hydrogen) atoms. The third-order valence-electron chi connectivity index (χ3n) is 6.53. The van der Waals surface area contributed by atoms with Crippen molar-refractivity contribution in [1.82, 2.24) is 0 Å². The van der Waals surface area contributed by atoms with Crippen LogP contribution in [0.15, 0.2) is 36.6 Å². The monoisotopic (exact) mass is 310 g/mol. The van der Waals surface area contributed by atoms with Gasteiger partial charge >= 0.3 is 0 Å². The predicted molar refractivity (Wildman–Crippen MR) is 89.2 cm³/mol. The van der Waals surface area contributed by atoms with Crippen molar-refractivity contribution in [2.45, 2.75) is 38.5 Å². The van der Waals surface area contributed by atoms with Crippen molar-refractivity contribution >= 4 is 11.4 Å². The van der Waals surface area contributed by atoms with Gasteiger partial charge in [-0.05, 0) is 72.3 Å². The molecule has 1 aromatic carbocycles. The second kappa shape index (κ2) is 4.73. The summed E-state index contributed by atoms with van der Waals surface area (Å²) >= 11 is 0. The number of Topliss-reactive ketones (excluding diaryl/α,β-unsaturated/α-hetero) is 1. The molecule has 1 aromatic rings. The van der Waals surface area contributed by atoms with Crippen LogP contribution < -0.4 is 0 Å². The molecule has 0 amide bonds. The van der Waals surface area contributed by atoms with Crippen LogP contribution in [0.1, 0.15) is 49.7 Å². The van der Waals surface area contributed by atoms with Crippen LogP contribution in [0.5, 0.6) is 5.75 Å². The fourth-order valence-electron chi connectivity index (χ4n) is 5.31. The summed E-state index contributed by atoms with van der Waals surface area (Å²) in [7, 11) is 0. The summed E-state index contributed by atoms with van der Waals surface area (Å²) in [5, 5.41) is 19.2. The van der Waals surface area contributed by atoms with E-state index in [9.17, 15) is 15.0 Å². The first-order valence-electron chi connectivity index (χ1n) is 8.35. The summed E-state index contributed by atoms with van der Waals surface area (Å²) < 4.78 is 0.